The van der Waals surface area contributed by atoms with Crippen molar-refractivity contribution < 1.29 is 4.79 Å². The van der Waals surface area contributed by atoms with Gasteiger partial charge in [0.15, 0.2) is 11.5 Å². The van der Waals surface area contributed by atoms with Gasteiger partial charge in [-0.15, -0.1) is 10.2 Å². The van der Waals surface area contributed by atoms with Crippen LogP contribution in [0.25, 0.3) is 5.65 Å². The van der Waals surface area contributed by atoms with Crippen LogP contribution in [0.2, 0.25) is 0 Å². The van der Waals surface area contributed by atoms with E-state index in [-0.39, 0.29) is 17.6 Å². The number of likely N-dealkylation sites (N-methyl/N-ethyl adjacent to an activating group) is 1. The minimum absolute atomic E-state index is 0.0698. The third kappa shape index (κ3) is 3.76. The molecular formula is C18H28N6O. The molecule has 1 atom stereocenters. The number of urea groups is 1. The van der Waals surface area contributed by atoms with Crippen molar-refractivity contribution in [2.24, 2.45) is 0 Å². The lowest BCUT2D eigenvalue weighted by Gasteiger charge is -2.43. The molecule has 136 valence electrons. The van der Waals surface area contributed by atoms with E-state index in [9.17, 15) is 4.79 Å². The number of nitrogens with zero attached hydrogens (tertiary/aromatic N) is 4. The summed E-state index contributed by atoms with van der Waals surface area (Å²) in [6.07, 6.45) is 7.91. The lowest BCUT2D eigenvalue weighted by atomic mass is 9.80. The fraction of sp³-hybridized carbons (Fsp3) is 0.611. The predicted octanol–water partition coefficient (Wildman–Crippen LogP) is 2.35. The topological polar surface area (TPSA) is 74.6 Å². The lowest BCUT2D eigenvalue weighted by molar-refractivity contribution is 0.101. The highest BCUT2D eigenvalue weighted by molar-refractivity contribution is 5.74. The Labute approximate surface area is 148 Å². The van der Waals surface area contributed by atoms with Crippen LogP contribution >= 0.6 is 0 Å². The highest BCUT2D eigenvalue weighted by atomic mass is 16.2. The first-order valence-corrected chi connectivity index (χ1v) is 9.03. The zero-order valence-electron chi connectivity index (χ0n) is 15.3. The molecule has 7 heteroatoms. The summed E-state index contributed by atoms with van der Waals surface area (Å²) in [7, 11) is 4.21. The van der Waals surface area contributed by atoms with Crippen LogP contribution in [0.15, 0.2) is 24.4 Å². The maximum atomic E-state index is 12.4. The number of carbonyl (C=O) groups excluding carboxylic acids is 1. The molecular weight excluding hydrogens is 316 g/mol. The Balaban J connectivity index is 1.60. The van der Waals surface area contributed by atoms with Crippen LogP contribution < -0.4 is 10.6 Å². The average Bonchev–Trinajstić information content (AvgIpc) is 3.05. The maximum Gasteiger partial charge on any atom is 0.315 e. The van der Waals surface area contributed by atoms with Crippen LogP contribution in [-0.4, -0.2) is 51.7 Å². The molecule has 0 radical (unpaired) electrons. The Bertz CT molecular complexity index is 719. The first-order chi connectivity index (χ1) is 12.0. The third-order valence-corrected chi connectivity index (χ3v) is 5.39. The van der Waals surface area contributed by atoms with E-state index < -0.39 is 0 Å². The van der Waals surface area contributed by atoms with Crippen LogP contribution in [0.5, 0.6) is 0 Å². The summed E-state index contributed by atoms with van der Waals surface area (Å²) in [5.74, 6) is 0.728. The third-order valence-electron chi connectivity index (χ3n) is 5.39. The second-order valence-corrected chi connectivity index (χ2v) is 7.22. The first-order valence-electron chi connectivity index (χ1n) is 9.03. The zero-order chi connectivity index (χ0) is 17.9. The van der Waals surface area contributed by atoms with E-state index in [0.29, 0.717) is 6.54 Å². The van der Waals surface area contributed by atoms with Crippen LogP contribution in [0.1, 0.15) is 50.9 Å². The fourth-order valence-corrected chi connectivity index (χ4v) is 3.70. The van der Waals surface area contributed by atoms with E-state index in [0.717, 1.165) is 24.3 Å². The molecule has 0 bridgehead atoms. The molecule has 2 heterocycles. The molecule has 1 aliphatic carbocycles. The molecule has 1 aliphatic rings. The van der Waals surface area contributed by atoms with Crippen LogP contribution in [0, 0.1) is 0 Å². The summed E-state index contributed by atoms with van der Waals surface area (Å²) < 4.78 is 1.90. The van der Waals surface area contributed by atoms with Gasteiger partial charge in [0.2, 0.25) is 0 Å². The summed E-state index contributed by atoms with van der Waals surface area (Å²) in [5.41, 5.74) is 0.848. The quantitative estimate of drug-likeness (QED) is 0.873. The van der Waals surface area contributed by atoms with Gasteiger partial charge in [0.25, 0.3) is 0 Å². The van der Waals surface area contributed by atoms with E-state index in [2.05, 4.69) is 39.8 Å². The molecule has 2 aromatic heterocycles. The van der Waals surface area contributed by atoms with Gasteiger partial charge < -0.3 is 15.5 Å². The van der Waals surface area contributed by atoms with Gasteiger partial charge in [-0.2, -0.15) is 0 Å². The van der Waals surface area contributed by atoms with Gasteiger partial charge in [-0.1, -0.05) is 25.3 Å². The van der Waals surface area contributed by atoms with Crippen molar-refractivity contribution in [1.82, 2.24) is 30.1 Å². The molecule has 2 aromatic rings. The smallest absolute Gasteiger partial charge is 0.315 e. The Kier molecular flexibility index (Phi) is 5.22. The number of nitrogens with one attached hydrogen (secondary N) is 2. The van der Waals surface area contributed by atoms with Crippen molar-refractivity contribution in [3.63, 3.8) is 0 Å². The minimum Gasteiger partial charge on any atom is -0.336 e. The predicted molar refractivity (Wildman–Crippen MR) is 97.4 cm³/mol. The van der Waals surface area contributed by atoms with Crippen molar-refractivity contribution >= 4 is 11.7 Å². The highest BCUT2D eigenvalue weighted by Gasteiger charge is 2.34. The fourth-order valence-electron chi connectivity index (χ4n) is 3.70. The molecule has 1 fully saturated rings. The van der Waals surface area contributed by atoms with Crippen LogP contribution in [0.4, 0.5) is 4.79 Å². The normalized spacial score (nSPS) is 18.2. The molecule has 7 nitrogen and oxygen atoms in total. The minimum atomic E-state index is -0.223. The summed E-state index contributed by atoms with van der Waals surface area (Å²) in [6, 6.07) is 5.36. The molecule has 0 aliphatic heterocycles. The number of aromatic nitrogens is 3. The molecule has 0 spiro atoms. The van der Waals surface area contributed by atoms with Crippen LogP contribution in [-0.2, 0) is 0 Å². The Morgan fingerprint density at radius 3 is 2.76 bits per heavy atom. The Morgan fingerprint density at radius 1 is 1.28 bits per heavy atom. The van der Waals surface area contributed by atoms with Gasteiger partial charge in [0.1, 0.15) is 0 Å². The summed E-state index contributed by atoms with van der Waals surface area (Å²) in [4.78, 5) is 14.7. The van der Waals surface area contributed by atoms with Crippen LogP contribution in [0.3, 0.4) is 0 Å². The standard InChI is InChI=1S/C18H28N6O/c1-14(16-22-21-15-9-5-8-12-24(15)16)20-17(25)19-13-18(23(2)3)10-6-4-7-11-18/h5,8-9,12,14H,4,6-7,10-11,13H2,1-3H3,(H2,19,20,25). The molecule has 0 aromatic carbocycles. The van der Waals surface area contributed by atoms with Crippen molar-refractivity contribution in [2.75, 3.05) is 20.6 Å². The molecule has 0 saturated heterocycles. The second-order valence-electron chi connectivity index (χ2n) is 7.22. The largest absolute Gasteiger partial charge is 0.336 e. The van der Waals surface area contributed by atoms with Gasteiger partial charge in [0, 0.05) is 18.3 Å². The summed E-state index contributed by atoms with van der Waals surface area (Å²) >= 11 is 0. The van der Waals surface area contributed by atoms with Gasteiger partial charge in [-0.05, 0) is 46.0 Å². The number of carbonyl (C=O) groups is 1. The Morgan fingerprint density at radius 2 is 2.04 bits per heavy atom. The van der Waals surface area contributed by atoms with E-state index >= 15 is 0 Å². The summed E-state index contributed by atoms with van der Waals surface area (Å²) in [6.45, 7) is 2.59. The summed E-state index contributed by atoms with van der Waals surface area (Å²) in [5, 5.41) is 14.4. The average molecular weight is 344 g/mol. The second kappa shape index (κ2) is 7.39. The number of hydrogen-bond acceptors (Lipinski definition) is 4. The van der Waals surface area contributed by atoms with E-state index in [1.807, 2.05) is 35.7 Å². The number of rotatable bonds is 5. The molecule has 25 heavy (non-hydrogen) atoms. The van der Waals surface area contributed by atoms with Gasteiger partial charge in [-0.25, -0.2) is 4.79 Å². The molecule has 2 amide bonds. The van der Waals surface area contributed by atoms with Gasteiger partial charge >= 0.3 is 6.03 Å². The molecule has 2 N–H and O–H groups in total. The van der Waals surface area contributed by atoms with Gasteiger partial charge in [0.05, 0.1) is 6.04 Å². The Hall–Kier alpha value is -2.15. The van der Waals surface area contributed by atoms with Crippen molar-refractivity contribution in [2.45, 2.75) is 50.6 Å². The SMILES string of the molecule is CC(NC(=O)NCC1(N(C)C)CCCCC1)c1nnc2ccccn12. The van der Waals surface area contributed by atoms with Gasteiger partial charge in [-0.3, -0.25) is 4.40 Å². The van der Waals surface area contributed by atoms with Crippen molar-refractivity contribution in [3.05, 3.63) is 30.2 Å². The molecule has 1 unspecified atom stereocenters. The van der Waals surface area contributed by atoms with E-state index in [1.54, 1.807) is 0 Å². The first kappa shape index (κ1) is 17.7. The number of hydrogen-bond donors (Lipinski definition) is 2. The number of amides is 2. The lowest BCUT2D eigenvalue weighted by Crippen LogP contribution is -2.55. The number of fused-ring (bicyclic) bond motifs is 1. The number of pyridine rings is 1. The van der Waals surface area contributed by atoms with E-state index in [1.165, 1.54) is 19.3 Å². The maximum absolute atomic E-state index is 12.4. The van der Waals surface area contributed by atoms with Crippen molar-refractivity contribution in [3.8, 4) is 0 Å². The zero-order valence-corrected chi connectivity index (χ0v) is 15.3. The monoisotopic (exact) mass is 344 g/mol. The molecule has 1 saturated carbocycles. The van der Waals surface area contributed by atoms with E-state index in [4.69, 9.17) is 0 Å². The molecule has 3 rings (SSSR count). The van der Waals surface area contributed by atoms with Crippen molar-refractivity contribution in [1.29, 1.82) is 0 Å². The highest BCUT2D eigenvalue weighted by Crippen LogP contribution is 2.31.